The van der Waals surface area contributed by atoms with Gasteiger partial charge in [0.05, 0.1) is 20.1 Å². The molecular weight excluding hydrogens is 332 g/mol. The van der Waals surface area contributed by atoms with Crippen LogP contribution in [0.25, 0.3) is 0 Å². The molecule has 0 atom stereocenters. The van der Waals surface area contributed by atoms with Gasteiger partial charge in [-0.2, -0.15) is 5.10 Å². The van der Waals surface area contributed by atoms with Crippen molar-refractivity contribution in [1.29, 1.82) is 0 Å². The smallest absolute Gasteiger partial charge is 0.228 e. The summed E-state index contributed by atoms with van der Waals surface area (Å²) in [5.41, 5.74) is 1.89. The Morgan fingerprint density at radius 1 is 1.19 bits per heavy atom. The summed E-state index contributed by atoms with van der Waals surface area (Å²) < 4.78 is 5.12. The van der Waals surface area contributed by atoms with Crippen molar-refractivity contribution in [3.05, 3.63) is 66.0 Å². The van der Waals surface area contributed by atoms with Gasteiger partial charge in [0.1, 0.15) is 11.6 Å². The fourth-order valence-corrected chi connectivity index (χ4v) is 2.30. The molecule has 0 spiro atoms. The molecule has 1 aromatic carbocycles. The number of carbonyl (C=O) groups excluding carboxylic acids is 1. The van der Waals surface area contributed by atoms with Crippen molar-refractivity contribution in [2.45, 2.75) is 19.5 Å². The van der Waals surface area contributed by atoms with Crippen molar-refractivity contribution in [3.63, 3.8) is 0 Å². The van der Waals surface area contributed by atoms with Crippen LogP contribution in [0.3, 0.4) is 0 Å². The largest absolute Gasteiger partial charge is 0.497 e. The molecule has 3 rings (SSSR count). The first-order chi connectivity index (χ1) is 12.7. The molecule has 134 valence electrons. The predicted molar refractivity (Wildman–Crippen MR) is 96.5 cm³/mol. The number of rotatable bonds is 8. The van der Waals surface area contributed by atoms with Gasteiger partial charge in [-0.3, -0.25) is 14.9 Å². The summed E-state index contributed by atoms with van der Waals surface area (Å²) in [7, 11) is 1.63. The lowest BCUT2D eigenvalue weighted by Crippen LogP contribution is -2.25. The molecule has 0 saturated heterocycles. The van der Waals surface area contributed by atoms with Gasteiger partial charge in [0.2, 0.25) is 5.91 Å². The van der Waals surface area contributed by atoms with Crippen molar-refractivity contribution < 1.29 is 9.53 Å². The van der Waals surface area contributed by atoms with E-state index < -0.39 is 0 Å². The highest BCUT2D eigenvalue weighted by molar-refractivity contribution is 5.77. The first-order valence-electron chi connectivity index (χ1n) is 8.16. The molecule has 0 aliphatic heterocycles. The van der Waals surface area contributed by atoms with Crippen molar-refractivity contribution in [1.82, 2.24) is 25.5 Å². The third kappa shape index (κ3) is 5.04. The molecule has 26 heavy (non-hydrogen) atoms. The molecule has 0 fully saturated rings. The first-order valence-corrected chi connectivity index (χ1v) is 8.16. The number of H-pyrrole nitrogens is 1. The van der Waals surface area contributed by atoms with Crippen LogP contribution in [-0.4, -0.2) is 33.2 Å². The van der Waals surface area contributed by atoms with E-state index in [0.29, 0.717) is 24.7 Å². The number of hydrogen-bond acceptors (Lipinski definition) is 6. The number of anilines is 1. The Kier molecular flexibility index (Phi) is 5.76. The zero-order chi connectivity index (χ0) is 18.2. The zero-order valence-electron chi connectivity index (χ0n) is 14.4. The van der Waals surface area contributed by atoms with E-state index in [1.165, 1.54) is 0 Å². The van der Waals surface area contributed by atoms with Crippen LogP contribution in [0.4, 0.5) is 5.69 Å². The number of amides is 1. The molecule has 0 unspecified atom stereocenters. The summed E-state index contributed by atoms with van der Waals surface area (Å²) in [5.74, 6) is 1.79. The minimum Gasteiger partial charge on any atom is -0.497 e. The van der Waals surface area contributed by atoms with Crippen LogP contribution in [0.2, 0.25) is 0 Å². The summed E-state index contributed by atoms with van der Waals surface area (Å²) in [4.78, 5) is 20.3. The molecule has 3 aromatic rings. The van der Waals surface area contributed by atoms with Gasteiger partial charge in [0.15, 0.2) is 5.82 Å². The third-order valence-electron chi connectivity index (χ3n) is 3.66. The quantitative estimate of drug-likeness (QED) is 0.570. The Bertz CT molecular complexity index is 832. The minimum absolute atomic E-state index is 0.124. The normalized spacial score (nSPS) is 10.3. The first kappa shape index (κ1) is 17.4. The van der Waals surface area contributed by atoms with Crippen molar-refractivity contribution >= 4 is 11.6 Å². The molecule has 0 bridgehead atoms. The number of methoxy groups -OCH3 is 1. The van der Waals surface area contributed by atoms with Gasteiger partial charge >= 0.3 is 0 Å². The molecular formula is C18H20N6O2. The number of nitrogens with one attached hydrogen (secondary N) is 3. The topological polar surface area (TPSA) is 105 Å². The molecule has 0 aliphatic rings. The van der Waals surface area contributed by atoms with E-state index >= 15 is 0 Å². The number of carbonyl (C=O) groups is 1. The molecule has 0 radical (unpaired) electrons. The van der Waals surface area contributed by atoms with Crippen LogP contribution >= 0.6 is 0 Å². The van der Waals surface area contributed by atoms with Gasteiger partial charge in [-0.15, -0.1) is 0 Å². The van der Waals surface area contributed by atoms with Gasteiger partial charge in [-0.25, -0.2) is 4.98 Å². The molecule has 2 aromatic heterocycles. The van der Waals surface area contributed by atoms with Crippen LogP contribution in [0.15, 0.2) is 48.8 Å². The average Bonchev–Trinajstić information content (AvgIpc) is 3.13. The molecule has 8 heteroatoms. The van der Waals surface area contributed by atoms with Gasteiger partial charge < -0.3 is 15.4 Å². The Morgan fingerprint density at radius 2 is 2.04 bits per heavy atom. The lowest BCUT2D eigenvalue weighted by atomic mass is 10.3. The van der Waals surface area contributed by atoms with Crippen molar-refractivity contribution in [2.24, 2.45) is 0 Å². The maximum Gasteiger partial charge on any atom is 0.228 e. The van der Waals surface area contributed by atoms with Gasteiger partial charge in [0, 0.05) is 24.6 Å². The Labute approximate surface area is 151 Å². The zero-order valence-corrected chi connectivity index (χ0v) is 14.4. The number of benzene rings is 1. The molecule has 8 nitrogen and oxygen atoms in total. The highest BCUT2D eigenvalue weighted by atomic mass is 16.5. The summed E-state index contributed by atoms with van der Waals surface area (Å²) >= 11 is 0. The van der Waals surface area contributed by atoms with Gasteiger partial charge in [0.25, 0.3) is 0 Å². The maximum atomic E-state index is 12.0. The standard InChI is InChI=1S/C18H20N6O2/c1-26-15-6-4-14(5-7-15)20-12-17-22-16(23-24-17)9-18(25)21-11-13-3-2-8-19-10-13/h2-8,10,20H,9,11-12H2,1H3,(H,21,25)(H,22,23,24). The highest BCUT2D eigenvalue weighted by Crippen LogP contribution is 2.15. The Morgan fingerprint density at radius 3 is 2.77 bits per heavy atom. The van der Waals surface area contributed by atoms with Crippen LogP contribution < -0.4 is 15.4 Å². The second-order valence-corrected chi connectivity index (χ2v) is 5.60. The molecule has 1 amide bonds. The fourth-order valence-electron chi connectivity index (χ4n) is 2.30. The Balaban J connectivity index is 1.45. The van der Waals surface area contributed by atoms with E-state index in [1.54, 1.807) is 19.5 Å². The molecule has 0 saturated carbocycles. The van der Waals surface area contributed by atoms with Crippen LogP contribution in [0.1, 0.15) is 17.2 Å². The number of nitrogens with zero attached hydrogens (tertiary/aromatic N) is 3. The average molecular weight is 352 g/mol. The number of pyridine rings is 1. The second kappa shape index (κ2) is 8.61. The van der Waals surface area contributed by atoms with Crippen LogP contribution in [-0.2, 0) is 24.3 Å². The lowest BCUT2D eigenvalue weighted by Gasteiger charge is -2.05. The molecule has 0 aliphatic carbocycles. The van der Waals surface area contributed by atoms with E-state index in [9.17, 15) is 4.79 Å². The number of hydrogen-bond donors (Lipinski definition) is 3. The molecule has 2 heterocycles. The van der Waals surface area contributed by atoms with E-state index in [2.05, 4.69) is 30.8 Å². The number of aromatic amines is 1. The number of ether oxygens (including phenoxy) is 1. The van der Waals surface area contributed by atoms with E-state index in [-0.39, 0.29) is 12.3 Å². The van der Waals surface area contributed by atoms with Gasteiger partial charge in [-0.05, 0) is 35.9 Å². The lowest BCUT2D eigenvalue weighted by molar-refractivity contribution is -0.120. The van der Waals surface area contributed by atoms with Crippen molar-refractivity contribution in [3.8, 4) is 5.75 Å². The molecule has 3 N–H and O–H groups in total. The van der Waals surface area contributed by atoms with E-state index in [0.717, 1.165) is 17.0 Å². The van der Waals surface area contributed by atoms with E-state index in [4.69, 9.17) is 4.74 Å². The highest BCUT2D eigenvalue weighted by Gasteiger charge is 2.09. The minimum atomic E-state index is -0.137. The van der Waals surface area contributed by atoms with Crippen LogP contribution in [0.5, 0.6) is 5.75 Å². The number of aromatic nitrogens is 4. The Hall–Kier alpha value is -3.42. The third-order valence-corrected chi connectivity index (χ3v) is 3.66. The summed E-state index contributed by atoms with van der Waals surface area (Å²) in [6.07, 6.45) is 3.54. The predicted octanol–water partition coefficient (Wildman–Crippen LogP) is 1.68. The maximum absolute atomic E-state index is 12.0. The monoisotopic (exact) mass is 352 g/mol. The van der Waals surface area contributed by atoms with Crippen molar-refractivity contribution in [2.75, 3.05) is 12.4 Å². The van der Waals surface area contributed by atoms with E-state index in [1.807, 2.05) is 36.4 Å². The summed E-state index contributed by atoms with van der Waals surface area (Å²) in [5, 5.41) is 13.0. The summed E-state index contributed by atoms with van der Waals surface area (Å²) in [6, 6.07) is 11.3. The van der Waals surface area contributed by atoms with Gasteiger partial charge in [-0.1, -0.05) is 6.07 Å². The fraction of sp³-hybridized carbons (Fsp3) is 0.222. The second-order valence-electron chi connectivity index (χ2n) is 5.60. The SMILES string of the molecule is COc1ccc(NCc2nc(CC(=O)NCc3cccnc3)n[nH]2)cc1. The van der Waals surface area contributed by atoms with Crippen LogP contribution in [0, 0.1) is 0 Å². The summed E-state index contributed by atoms with van der Waals surface area (Å²) in [6.45, 7) is 0.916.